The summed E-state index contributed by atoms with van der Waals surface area (Å²) in [6, 6.07) is 8.59. The van der Waals surface area contributed by atoms with Gasteiger partial charge in [0.15, 0.2) is 11.6 Å². The lowest BCUT2D eigenvalue weighted by Gasteiger charge is -2.09. The molecule has 2 aromatic carbocycles. The van der Waals surface area contributed by atoms with Crippen molar-refractivity contribution in [1.82, 2.24) is 0 Å². The molecule has 2 N–H and O–H groups in total. The van der Waals surface area contributed by atoms with Gasteiger partial charge in [0.1, 0.15) is 5.75 Å². The third kappa shape index (κ3) is 2.60. The van der Waals surface area contributed by atoms with Crippen molar-refractivity contribution >= 4 is 11.6 Å². The van der Waals surface area contributed by atoms with Gasteiger partial charge in [-0.25, -0.2) is 4.39 Å². The first-order valence-electron chi connectivity index (χ1n) is 5.22. The van der Waals surface area contributed by atoms with E-state index in [1.807, 2.05) is 0 Å². The second-order valence-electron chi connectivity index (χ2n) is 3.62. The number of hydrogen-bond acceptors (Lipinski definition) is 2. The molecule has 0 fully saturated rings. The number of rotatable bonds is 3. The summed E-state index contributed by atoms with van der Waals surface area (Å²) in [6.45, 7) is 0.342. The van der Waals surface area contributed by atoms with Crippen molar-refractivity contribution in [2.75, 3.05) is 0 Å². The Morgan fingerprint density at radius 2 is 1.89 bits per heavy atom. The van der Waals surface area contributed by atoms with E-state index in [9.17, 15) is 8.78 Å². The minimum absolute atomic E-state index is 0.211. The quantitative estimate of drug-likeness (QED) is 0.918. The fraction of sp³-hybridized carbons (Fsp3) is 0.0769. The van der Waals surface area contributed by atoms with Gasteiger partial charge in [0.2, 0.25) is 5.82 Å². The SMILES string of the molecule is NCc1ccc(Oc2cccc(F)c2F)c(Cl)c1. The van der Waals surface area contributed by atoms with E-state index in [-0.39, 0.29) is 11.5 Å². The van der Waals surface area contributed by atoms with Gasteiger partial charge in [-0.1, -0.05) is 23.7 Å². The Hall–Kier alpha value is -1.65. The fourth-order valence-corrected chi connectivity index (χ4v) is 1.68. The van der Waals surface area contributed by atoms with Crippen LogP contribution >= 0.6 is 11.6 Å². The van der Waals surface area contributed by atoms with Crippen LogP contribution in [0.15, 0.2) is 36.4 Å². The lowest BCUT2D eigenvalue weighted by Crippen LogP contribution is -1.97. The van der Waals surface area contributed by atoms with E-state index in [1.54, 1.807) is 18.2 Å². The van der Waals surface area contributed by atoms with Crippen molar-refractivity contribution in [3.8, 4) is 11.5 Å². The Morgan fingerprint density at radius 3 is 2.56 bits per heavy atom. The summed E-state index contributed by atoms with van der Waals surface area (Å²) in [6.07, 6.45) is 0. The zero-order valence-electron chi connectivity index (χ0n) is 9.29. The van der Waals surface area contributed by atoms with E-state index < -0.39 is 11.6 Å². The van der Waals surface area contributed by atoms with Crippen LogP contribution in [0.2, 0.25) is 5.02 Å². The second kappa shape index (κ2) is 5.33. The van der Waals surface area contributed by atoms with Gasteiger partial charge in [0, 0.05) is 6.54 Å². The first kappa shape index (κ1) is 12.8. The normalized spacial score (nSPS) is 10.4. The number of ether oxygens (including phenoxy) is 1. The largest absolute Gasteiger partial charge is 0.453 e. The second-order valence-corrected chi connectivity index (χ2v) is 4.03. The monoisotopic (exact) mass is 269 g/mol. The van der Waals surface area contributed by atoms with Crippen molar-refractivity contribution in [2.45, 2.75) is 6.54 Å². The van der Waals surface area contributed by atoms with Crippen LogP contribution in [0.3, 0.4) is 0 Å². The minimum atomic E-state index is -1.04. The molecular weight excluding hydrogens is 260 g/mol. The van der Waals surface area contributed by atoms with E-state index in [4.69, 9.17) is 22.1 Å². The number of benzene rings is 2. The molecule has 5 heteroatoms. The summed E-state index contributed by atoms with van der Waals surface area (Å²) in [7, 11) is 0. The van der Waals surface area contributed by atoms with Crippen molar-refractivity contribution < 1.29 is 13.5 Å². The van der Waals surface area contributed by atoms with Gasteiger partial charge >= 0.3 is 0 Å². The summed E-state index contributed by atoms with van der Waals surface area (Å²) in [4.78, 5) is 0. The standard InChI is InChI=1S/C13H10ClF2NO/c14-9-6-8(7-17)4-5-11(9)18-12-3-1-2-10(15)13(12)16/h1-6H,7,17H2. The maximum atomic E-state index is 13.4. The number of halogens is 3. The van der Waals surface area contributed by atoms with Crippen LogP contribution in [0.1, 0.15) is 5.56 Å². The molecule has 0 atom stereocenters. The van der Waals surface area contributed by atoms with Gasteiger partial charge in [-0.2, -0.15) is 4.39 Å². The Morgan fingerprint density at radius 1 is 1.11 bits per heavy atom. The highest BCUT2D eigenvalue weighted by atomic mass is 35.5. The summed E-state index contributed by atoms with van der Waals surface area (Å²) in [5.74, 6) is -1.98. The molecule has 0 spiro atoms. The Balaban J connectivity index is 2.31. The molecule has 0 saturated carbocycles. The van der Waals surface area contributed by atoms with E-state index in [0.29, 0.717) is 11.6 Å². The summed E-state index contributed by atoms with van der Waals surface area (Å²) in [5, 5.41) is 0.293. The van der Waals surface area contributed by atoms with Crippen LogP contribution in [0.4, 0.5) is 8.78 Å². The Kier molecular flexibility index (Phi) is 3.79. The van der Waals surface area contributed by atoms with Crippen molar-refractivity contribution in [3.05, 3.63) is 58.6 Å². The highest BCUT2D eigenvalue weighted by molar-refractivity contribution is 6.32. The average Bonchev–Trinajstić information content (AvgIpc) is 2.37. The third-order valence-electron chi connectivity index (χ3n) is 2.37. The van der Waals surface area contributed by atoms with Crippen LogP contribution in [-0.4, -0.2) is 0 Å². The average molecular weight is 270 g/mol. The van der Waals surface area contributed by atoms with Gasteiger partial charge in [-0.3, -0.25) is 0 Å². The fourth-order valence-electron chi connectivity index (χ4n) is 1.44. The molecule has 0 aliphatic carbocycles. The van der Waals surface area contributed by atoms with Gasteiger partial charge < -0.3 is 10.5 Å². The van der Waals surface area contributed by atoms with Crippen molar-refractivity contribution in [3.63, 3.8) is 0 Å². The molecule has 0 saturated heterocycles. The van der Waals surface area contributed by atoms with Crippen LogP contribution in [0.25, 0.3) is 0 Å². The van der Waals surface area contributed by atoms with Crippen molar-refractivity contribution in [2.24, 2.45) is 5.73 Å². The molecule has 2 aromatic rings. The third-order valence-corrected chi connectivity index (χ3v) is 2.66. The predicted molar refractivity (Wildman–Crippen MR) is 65.8 cm³/mol. The van der Waals surface area contributed by atoms with E-state index >= 15 is 0 Å². The molecule has 0 heterocycles. The lowest BCUT2D eigenvalue weighted by atomic mass is 10.2. The first-order valence-corrected chi connectivity index (χ1v) is 5.60. The minimum Gasteiger partial charge on any atom is -0.453 e. The molecular formula is C13H10ClF2NO. The molecule has 0 radical (unpaired) electrons. The van der Waals surface area contributed by atoms with E-state index in [2.05, 4.69) is 0 Å². The molecule has 0 bridgehead atoms. The van der Waals surface area contributed by atoms with Gasteiger partial charge in [0.25, 0.3) is 0 Å². The molecule has 0 unspecified atom stereocenters. The molecule has 2 rings (SSSR count). The molecule has 0 aliphatic rings. The Labute approximate surface area is 108 Å². The summed E-state index contributed by atoms with van der Waals surface area (Å²) < 4.78 is 31.6. The van der Waals surface area contributed by atoms with Crippen LogP contribution < -0.4 is 10.5 Å². The number of hydrogen-bond donors (Lipinski definition) is 1. The highest BCUT2D eigenvalue weighted by Gasteiger charge is 2.11. The Bertz CT molecular complexity index is 575. The zero-order valence-corrected chi connectivity index (χ0v) is 10.0. The van der Waals surface area contributed by atoms with Crippen LogP contribution in [-0.2, 0) is 6.54 Å². The van der Waals surface area contributed by atoms with E-state index in [0.717, 1.165) is 11.6 Å². The van der Waals surface area contributed by atoms with Crippen LogP contribution in [0, 0.1) is 11.6 Å². The van der Waals surface area contributed by atoms with Crippen LogP contribution in [0.5, 0.6) is 11.5 Å². The highest BCUT2D eigenvalue weighted by Crippen LogP contribution is 2.31. The molecule has 2 nitrogen and oxygen atoms in total. The first-order chi connectivity index (χ1) is 8.61. The maximum Gasteiger partial charge on any atom is 0.201 e. The van der Waals surface area contributed by atoms with Gasteiger partial charge in [-0.05, 0) is 29.8 Å². The topological polar surface area (TPSA) is 35.2 Å². The molecule has 0 aliphatic heterocycles. The zero-order chi connectivity index (χ0) is 13.1. The number of nitrogens with two attached hydrogens (primary N) is 1. The lowest BCUT2D eigenvalue weighted by molar-refractivity contribution is 0.416. The molecule has 0 amide bonds. The van der Waals surface area contributed by atoms with Crippen molar-refractivity contribution in [1.29, 1.82) is 0 Å². The molecule has 94 valence electrons. The van der Waals surface area contributed by atoms with E-state index in [1.165, 1.54) is 12.1 Å². The summed E-state index contributed by atoms with van der Waals surface area (Å²) in [5.41, 5.74) is 6.28. The summed E-state index contributed by atoms with van der Waals surface area (Å²) >= 11 is 5.95. The van der Waals surface area contributed by atoms with Gasteiger partial charge in [0.05, 0.1) is 5.02 Å². The smallest absolute Gasteiger partial charge is 0.201 e. The maximum absolute atomic E-state index is 13.4. The molecule has 0 aromatic heterocycles. The predicted octanol–water partition coefficient (Wildman–Crippen LogP) is 3.87. The molecule has 18 heavy (non-hydrogen) atoms. The van der Waals surface area contributed by atoms with Gasteiger partial charge in [-0.15, -0.1) is 0 Å².